The van der Waals surface area contributed by atoms with Gasteiger partial charge in [0.15, 0.2) is 5.75 Å². The number of aromatic nitrogens is 1. The highest BCUT2D eigenvalue weighted by atomic mass is 16.5. The predicted octanol–water partition coefficient (Wildman–Crippen LogP) is 4.51. The number of ether oxygens (including phenoxy) is 2. The van der Waals surface area contributed by atoms with Gasteiger partial charge in [-0.1, -0.05) is 30.3 Å². The van der Waals surface area contributed by atoms with E-state index in [0.717, 1.165) is 11.1 Å². The fraction of sp³-hybridized carbons (Fsp3) is 0.143. The van der Waals surface area contributed by atoms with Crippen LogP contribution in [0.5, 0.6) is 17.4 Å². The van der Waals surface area contributed by atoms with Gasteiger partial charge >= 0.3 is 6.03 Å². The fourth-order valence-electron chi connectivity index (χ4n) is 2.55. The van der Waals surface area contributed by atoms with Gasteiger partial charge in [-0.2, -0.15) is 0 Å². The predicted molar refractivity (Wildman–Crippen MR) is 104 cm³/mol. The van der Waals surface area contributed by atoms with Crippen molar-refractivity contribution in [3.63, 3.8) is 0 Å². The van der Waals surface area contributed by atoms with E-state index in [-0.39, 0.29) is 6.03 Å². The Morgan fingerprint density at radius 2 is 1.93 bits per heavy atom. The minimum Gasteiger partial charge on any atom is -0.481 e. The average Bonchev–Trinajstić information content (AvgIpc) is 2.68. The van der Waals surface area contributed by atoms with Crippen molar-refractivity contribution in [3.8, 4) is 17.4 Å². The van der Waals surface area contributed by atoms with E-state index in [1.165, 1.54) is 0 Å². The van der Waals surface area contributed by atoms with Crippen molar-refractivity contribution in [2.75, 3.05) is 12.4 Å². The first-order chi connectivity index (χ1) is 13.2. The molecular weight excluding hydrogens is 342 g/mol. The molecule has 0 bridgehead atoms. The Labute approximate surface area is 158 Å². The van der Waals surface area contributed by atoms with E-state index in [0.29, 0.717) is 29.6 Å². The first kappa shape index (κ1) is 18.3. The van der Waals surface area contributed by atoms with Gasteiger partial charge in [-0.05, 0) is 42.8 Å². The smallest absolute Gasteiger partial charge is 0.319 e. The van der Waals surface area contributed by atoms with E-state index >= 15 is 0 Å². The summed E-state index contributed by atoms with van der Waals surface area (Å²) in [5.41, 5.74) is 2.47. The van der Waals surface area contributed by atoms with Gasteiger partial charge in [0.25, 0.3) is 0 Å². The number of hydrogen-bond acceptors (Lipinski definition) is 4. The summed E-state index contributed by atoms with van der Waals surface area (Å²) in [7, 11) is 1.55. The van der Waals surface area contributed by atoms with Crippen molar-refractivity contribution in [1.82, 2.24) is 10.3 Å². The molecule has 0 atom stereocenters. The molecule has 2 amide bonds. The molecule has 27 heavy (non-hydrogen) atoms. The summed E-state index contributed by atoms with van der Waals surface area (Å²) in [6, 6.07) is 18.3. The van der Waals surface area contributed by atoms with Crippen molar-refractivity contribution in [2.45, 2.75) is 13.5 Å². The van der Waals surface area contributed by atoms with Crippen LogP contribution < -0.4 is 20.1 Å². The normalized spacial score (nSPS) is 10.1. The number of carbonyl (C=O) groups excluding carboxylic acids is 1. The van der Waals surface area contributed by atoms with Crippen molar-refractivity contribution in [3.05, 3.63) is 78.0 Å². The quantitative estimate of drug-likeness (QED) is 0.676. The number of urea groups is 1. The number of nitrogens with one attached hydrogen (secondary N) is 2. The zero-order valence-corrected chi connectivity index (χ0v) is 15.2. The second-order valence-corrected chi connectivity index (χ2v) is 5.89. The van der Waals surface area contributed by atoms with E-state index < -0.39 is 0 Å². The first-order valence-electron chi connectivity index (χ1n) is 8.52. The lowest BCUT2D eigenvalue weighted by atomic mass is 10.2. The molecule has 0 fully saturated rings. The highest BCUT2D eigenvalue weighted by molar-refractivity contribution is 5.90. The van der Waals surface area contributed by atoms with Crippen LogP contribution in [0.25, 0.3) is 0 Å². The number of aryl methyl sites for hydroxylation is 1. The number of methoxy groups -OCH3 is 1. The monoisotopic (exact) mass is 363 g/mol. The van der Waals surface area contributed by atoms with E-state index in [4.69, 9.17) is 9.47 Å². The van der Waals surface area contributed by atoms with Crippen LogP contribution >= 0.6 is 0 Å². The number of hydrogen-bond donors (Lipinski definition) is 2. The third kappa shape index (κ3) is 4.98. The lowest BCUT2D eigenvalue weighted by molar-refractivity contribution is 0.251. The molecule has 0 unspecified atom stereocenters. The van der Waals surface area contributed by atoms with Crippen molar-refractivity contribution in [2.24, 2.45) is 0 Å². The molecule has 3 rings (SSSR count). The molecule has 0 saturated carbocycles. The van der Waals surface area contributed by atoms with Crippen LogP contribution in [0, 0.1) is 6.92 Å². The lowest BCUT2D eigenvalue weighted by Crippen LogP contribution is -2.28. The van der Waals surface area contributed by atoms with Crippen LogP contribution in [0.3, 0.4) is 0 Å². The molecule has 3 aromatic rings. The van der Waals surface area contributed by atoms with E-state index in [2.05, 4.69) is 15.6 Å². The largest absolute Gasteiger partial charge is 0.481 e. The molecular formula is C21H21N3O3. The van der Waals surface area contributed by atoms with Crippen LogP contribution in [-0.4, -0.2) is 18.1 Å². The summed E-state index contributed by atoms with van der Waals surface area (Å²) >= 11 is 0. The molecule has 6 nitrogen and oxygen atoms in total. The molecule has 0 aliphatic heterocycles. The van der Waals surface area contributed by atoms with Crippen LogP contribution in [0.2, 0.25) is 0 Å². The number of nitrogens with zero attached hydrogens (tertiary/aromatic N) is 1. The molecule has 138 valence electrons. The van der Waals surface area contributed by atoms with Crippen LogP contribution in [0.1, 0.15) is 11.1 Å². The summed E-state index contributed by atoms with van der Waals surface area (Å²) < 4.78 is 11.1. The number of amides is 2. The zero-order valence-electron chi connectivity index (χ0n) is 15.2. The minimum atomic E-state index is -0.346. The second-order valence-electron chi connectivity index (χ2n) is 5.89. The third-order valence-corrected chi connectivity index (χ3v) is 3.84. The van der Waals surface area contributed by atoms with Gasteiger partial charge in [0, 0.05) is 18.3 Å². The number of rotatable bonds is 6. The Bertz CT molecular complexity index is 928. The first-order valence-corrected chi connectivity index (χ1v) is 8.52. The Hall–Kier alpha value is -3.54. The SMILES string of the molecule is COc1ncccc1CNC(=O)Nc1ccccc1Oc1cccc(C)c1. The summed E-state index contributed by atoms with van der Waals surface area (Å²) in [6.07, 6.45) is 1.64. The maximum absolute atomic E-state index is 12.3. The van der Waals surface area contributed by atoms with Gasteiger partial charge in [0.2, 0.25) is 5.88 Å². The number of pyridine rings is 1. The molecule has 6 heteroatoms. The zero-order chi connectivity index (χ0) is 19.1. The molecule has 0 saturated heterocycles. The summed E-state index contributed by atoms with van der Waals surface area (Å²) in [6.45, 7) is 2.29. The molecule has 1 heterocycles. The molecule has 1 aromatic heterocycles. The van der Waals surface area contributed by atoms with Crippen LogP contribution in [0.15, 0.2) is 66.9 Å². The van der Waals surface area contributed by atoms with Gasteiger partial charge in [0.05, 0.1) is 12.8 Å². The van der Waals surface area contributed by atoms with E-state index in [1.54, 1.807) is 25.4 Å². The summed E-state index contributed by atoms with van der Waals surface area (Å²) in [4.78, 5) is 16.4. The van der Waals surface area contributed by atoms with Gasteiger partial charge in [0.1, 0.15) is 5.75 Å². The lowest BCUT2D eigenvalue weighted by Gasteiger charge is -2.13. The number of benzene rings is 2. The van der Waals surface area contributed by atoms with Crippen molar-refractivity contribution >= 4 is 11.7 Å². The number of para-hydroxylation sites is 2. The van der Waals surface area contributed by atoms with E-state index in [9.17, 15) is 4.79 Å². The Balaban J connectivity index is 1.66. The number of carbonyl (C=O) groups is 1. The van der Waals surface area contributed by atoms with Crippen molar-refractivity contribution < 1.29 is 14.3 Å². The van der Waals surface area contributed by atoms with Gasteiger partial charge in [-0.25, -0.2) is 9.78 Å². The van der Waals surface area contributed by atoms with Crippen LogP contribution in [0.4, 0.5) is 10.5 Å². The standard InChI is InChI=1S/C21H21N3O3/c1-15-7-5-9-17(13-15)27-19-11-4-3-10-18(19)24-21(25)23-14-16-8-6-12-22-20(16)26-2/h3-13H,14H2,1-2H3,(H2,23,24,25). The summed E-state index contributed by atoms with van der Waals surface area (Å²) in [5, 5.41) is 5.61. The number of anilines is 1. The van der Waals surface area contributed by atoms with E-state index in [1.807, 2.05) is 55.5 Å². The maximum atomic E-state index is 12.3. The Morgan fingerprint density at radius 3 is 2.74 bits per heavy atom. The molecule has 0 spiro atoms. The molecule has 0 aliphatic rings. The molecule has 2 N–H and O–H groups in total. The Kier molecular flexibility index (Phi) is 5.89. The molecule has 2 aromatic carbocycles. The molecule has 0 aliphatic carbocycles. The van der Waals surface area contributed by atoms with Gasteiger partial charge < -0.3 is 20.1 Å². The second kappa shape index (κ2) is 8.71. The van der Waals surface area contributed by atoms with Gasteiger partial charge in [-0.3, -0.25) is 0 Å². The maximum Gasteiger partial charge on any atom is 0.319 e. The highest BCUT2D eigenvalue weighted by Crippen LogP contribution is 2.29. The summed E-state index contributed by atoms with van der Waals surface area (Å²) in [5.74, 6) is 1.77. The minimum absolute atomic E-state index is 0.295. The van der Waals surface area contributed by atoms with Crippen molar-refractivity contribution in [1.29, 1.82) is 0 Å². The fourth-order valence-corrected chi connectivity index (χ4v) is 2.55. The van der Waals surface area contributed by atoms with Crippen LogP contribution in [-0.2, 0) is 6.54 Å². The van der Waals surface area contributed by atoms with Gasteiger partial charge in [-0.15, -0.1) is 0 Å². The molecule has 0 radical (unpaired) electrons. The average molecular weight is 363 g/mol. The third-order valence-electron chi connectivity index (χ3n) is 3.84. The topological polar surface area (TPSA) is 72.5 Å². The Morgan fingerprint density at radius 1 is 1.07 bits per heavy atom. The highest BCUT2D eigenvalue weighted by Gasteiger charge is 2.10.